The zero-order chi connectivity index (χ0) is 15.9. The Bertz CT molecular complexity index is 608. The summed E-state index contributed by atoms with van der Waals surface area (Å²) in [4.78, 5) is 2.54. The van der Waals surface area contributed by atoms with E-state index in [1.807, 2.05) is 36.4 Å². The summed E-state index contributed by atoms with van der Waals surface area (Å²) in [5.74, 6) is 0.877. The highest BCUT2D eigenvalue weighted by atomic mass is 35.5. The fourth-order valence-electron chi connectivity index (χ4n) is 3.16. The number of hydrogen-bond acceptors (Lipinski definition) is 2. The third kappa shape index (κ3) is 4.49. The van der Waals surface area contributed by atoms with E-state index in [2.05, 4.69) is 17.0 Å². The summed E-state index contributed by atoms with van der Waals surface area (Å²) in [6.07, 6.45) is 5.12. The van der Waals surface area contributed by atoms with Gasteiger partial charge in [0.25, 0.3) is 0 Å². The van der Waals surface area contributed by atoms with Gasteiger partial charge in [0.1, 0.15) is 5.75 Å². The maximum absolute atomic E-state index is 6.41. The lowest BCUT2D eigenvalue weighted by atomic mass is 10.0. The van der Waals surface area contributed by atoms with E-state index in [-0.39, 0.29) is 0 Å². The normalized spacial score (nSPS) is 15.5. The van der Waals surface area contributed by atoms with Crippen molar-refractivity contribution in [3.63, 3.8) is 0 Å². The van der Waals surface area contributed by atoms with E-state index in [1.165, 1.54) is 32.4 Å². The van der Waals surface area contributed by atoms with Crippen LogP contribution in [0.15, 0.2) is 48.5 Å². The van der Waals surface area contributed by atoms with Gasteiger partial charge in [-0.2, -0.15) is 0 Å². The molecule has 1 aliphatic heterocycles. The van der Waals surface area contributed by atoms with Gasteiger partial charge in [-0.1, -0.05) is 54.4 Å². The summed E-state index contributed by atoms with van der Waals surface area (Å²) in [7, 11) is 0. The van der Waals surface area contributed by atoms with Crippen molar-refractivity contribution in [3.05, 3.63) is 53.6 Å². The van der Waals surface area contributed by atoms with Crippen LogP contribution < -0.4 is 4.74 Å². The summed E-state index contributed by atoms with van der Waals surface area (Å²) in [6.45, 7) is 4.34. The van der Waals surface area contributed by atoms with Gasteiger partial charge in [-0.05, 0) is 50.0 Å². The number of nitrogens with zero attached hydrogens (tertiary/aromatic N) is 1. The molecule has 0 N–H and O–H groups in total. The minimum atomic E-state index is 0.733. The highest BCUT2D eigenvalue weighted by molar-refractivity contribution is 6.33. The molecule has 122 valence electrons. The van der Waals surface area contributed by atoms with E-state index in [9.17, 15) is 0 Å². The summed E-state index contributed by atoms with van der Waals surface area (Å²) in [6, 6.07) is 16.1. The molecule has 2 nitrogen and oxygen atoms in total. The van der Waals surface area contributed by atoms with Gasteiger partial charge in [0.05, 0.1) is 11.6 Å². The lowest BCUT2D eigenvalue weighted by molar-refractivity contribution is 0.205. The van der Waals surface area contributed by atoms with E-state index in [1.54, 1.807) is 0 Å². The van der Waals surface area contributed by atoms with Gasteiger partial charge in [0, 0.05) is 12.1 Å². The van der Waals surface area contributed by atoms with E-state index in [4.69, 9.17) is 16.3 Å². The smallest absolute Gasteiger partial charge is 0.128 e. The molecule has 1 heterocycles. The zero-order valence-corrected chi connectivity index (χ0v) is 14.3. The van der Waals surface area contributed by atoms with Crippen LogP contribution in [0.5, 0.6) is 5.75 Å². The van der Waals surface area contributed by atoms with E-state index in [0.717, 1.165) is 41.5 Å². The fourth-order valence-corrected chi connectivity index (χ4v) is 3.44. The topological polar surface area (TPSA) is 12.5 Å². The molecule has 3 heteroatoms. The average Bonchev–Trinajstić information content (AvgIpc) is 2.60. The number of halogens is 1. The first-order valence-corrected chi connectivity index (χ1v) is 8.91. The SMILES string of the molecule is Clc1cccc(OCCCN2CCCCC2)c1-c1ccccc1. The van der Waals surface area contributed by atoms with E-state index < -0.39 is 0 Å². The van der Waals surface area contributed by atoms with Crippen molar-refractivity contribution in [1.29, 1.82) is 0 Å². The quantitative estimate of drug-likeness (QED) is 0.670. The molecule has 1 fully saturated rings. The number of ether oxygens (including phenoxy) is 1. The Labute approximate surface area is 144 Å². The molecule has 0 aliphatic carbocycles. The van der Waals surface area contributed by atoms with E-state index in [0.29, 0.717) is 0 Å². The molecule has 0 atom stereocenters. The van der Waals surface area contributed by atoms with Crippen molar-refractivity contribution in [1.82, 2.24) is 4.90 Å². The monoisotopic (exact) mass is 329 g/mol. The summed E-state index contributed by atoms with van der Waals surface area (Å²) in [5.41, 5.74) is 2.09. The van der Waals surface area contributed by atoms with Crippen LogP contribution >= 0.6 is 11.6 Å². The van der Waals surface area contributed by atoms with E-state index >= 15 is 0 Å². The van der Waals surface area contributed by atoms with Crippen LogP contribution in [0.4, 0.5) is 0 Å². The third-order valence-electron chi connectivity index (χ3n) is 4.36. The zero-order valence-electron chi connectivity index (χ0n) is 13.5. The molecule has 0 saturated carbocycles. The first kappa shape index (κ1) is 16.4. The van der Waals surface area contributed by atoms with Crippen molar-refractivity contribution >= 4 is 11.6 Å². The molecule has 2 aromatic rings. The minimum absolute atomic E-state index is 0.733. The van der Waals surface area contributed by atoms with Gasteiger partial charge >= 0.3 is 0 Å². The molecular formula is C20H24ClNO. The molecule has 0 spiro atoms. The maximum atomic E-state index is 6.41. The highest BCUT2D eigenvalue weighted by Gasteiger charge is 2.12. The molecule has 3 rings (SSSR count). The average molecular weight is 330 g/mol. The van der Waals surface area contributed by atoms with Gasteiger partial charge in [-0.25, -0.2) is 0 Å². The lowest BCUT2D eigenvalue weighted by Gasteiger charge is -2.26. The number of benzene rings is 2. The molecule has 2 aromatic carbocycles. The van der Waals surface area contributed by atoms with Crippen LogP contribution in [-0.2, 0) is 0 Å². The van der Waals surface area contributed by atoms with Crippen molar-refractivity contribution < 1.29 is 4.74 Å². The van der Waals surface area contributed by atoms with Crippen molar-refractivity contribution in [2.24, 2.45) is 0 Å². The second-order valence-corrected chi connectivity index (χ2v) is 6.49. The first-order valence-electron chi connectivity index (χ1n) is 8.54. The highest BCUT2D eigenvalue weighted by Crippen LogP contribution is 2.36. The molecule has 0 radical (unpaired) electrons. The minimum Gasteiger partial charge on any atom is -0.493 e. The number of hydrogen-bond donors (Lipinski definition) is 0. The predicted molar refractivity (Wildman–Crippen MR) is 97.3 cm³/mol. The third-order valence-corrected chi connectivity index (χ3v) is 4.68. The molecule has 0 bridgehead atoms. The van der Waals surface area contributed by atoms with Crippen LogP contribution in [0.1, 0.15) is 25.7 Å². The lowest BCUT2D eigenvalue weighted by Crippen LogP contribution is -2.31. The van der Waals surface area contributed by atoms with Crippen molar-refractivity contribution in [2.75, 3.05) is 26.2 Å². The largest absolute Gasteiger partial charge is 0.493 e. The number of piperidine rings is 1. The molecule has 0 aromatic heterocycles. The standard InChI is InChI=1S/C20H24ClNO/c21-18-11-7-12-19(20(18)17-9-3-1-4-10-17)23-16-8-15-22-13-5-2-6-14-22/h1,3-4,7,9-12H,2,5-6,8,13-16H2. The van der Waals surface area contributed by atoms with Crippen molar-refractivity contribution in [2.45, 2.75) is 25.7 Å². The Morgan fingerprint density at radius 1 is 0.913 bits per heavy atom. The van der Waals surface area contributed by atoms with Crippen molar-refractivity contribution in [3.8, 4) is 16.9 Å². The molecule has 1 aliphatic rings. The van der Waals surface area contributed by atoms with Crippen LogP contribution in [0.25, 0.3) is 11.1 Å². The summed E-state index contributed by atoms with van der Waals surface area (Å²) in [5, 5.41) is 0.740. The Morgan fingerprint density at radius 2 is 1.70 bits per heavy atom. The number of rotatable bonds is 6. The van der Waals surface area contributed by atoms with Crippen LogP contribution in [0.3, 0.4) is 0 Å². The van der Waals surface area contributed by atoms with Crippen LogP contribution in [-0.4, -0.2) is 31.1 Å². The second-order valence-electron chi connectivity index (χ2n) is 6.08. The Kier molecular flexibility index (Phi) is 5.95. The van der Waals surface area contributed by atoms with Gasteiger partial charge in [-0.15, -0.1) is 0 Å². The van der Waals surface area contributed by atoms with Gasteiger partial charge < -0.3 is 9.64 Å². The van der Waals surface area contributed by atoms with Gasteiger partial charge in [0.15, 0.2) is 0 Å². The fraction of sp³-hybridized carbons (Fsp3) is 0.400. The molecule has 1 saturated heterocycles. The Morgan fingerprint density at radius 3 is 2.48 bits per heavy atom. The predicted octanol–water partition coefficient (Wildman–Crippen LogP) is 5.26. The first-order chi connectivity index (χ1) is 11.3. The Hall–Kier alpha value is -1.51. The van der Waals surface area contributed by atoms with Gasteiger partial charge in [0.2, 0.25) is 0 Å². The van der Waals surface area contributed by atoms with Gasteiger partial charge in [-0.3, -0.25) is 0 Å². The summed E-state index contributed by atoms with van der Waals surface area (Å²) >= 11 is 6.41. The molecule has 0 amide bonds. The Balaban J connectivity index is 1.60. The van der Waals surface area contributed by atoms with Crippen LogP contribution in [0, 0.1) is 0 Å². The molecular weight excluding hydrogens is 306 g/mol. The molecule has 0 unspecified atom stereocenters. The summed E-state index contributed by atoms with van der Waals surface area (Å²) < 4.78 is 6.05. The van der Waals surface area contributed by atoms with Crippen LogP contribution in [0.2, 0.25) is 5.02 Å². The second kappa shape index (κ2) is 8.37. The maximum Gasteiger partial charge on any atom is 0.128 e. The molecule has 23 heavy (non-hydrogen) atoms. The number of likely N-dealkylation sites (tertiary alicyclic amines) is 1.